The molecule has 0 saturated heterocycles. The molecule has 0 aromatic rings. The number of ketones is 1. The number of nitrogens with zero attached hydrogens (tertiary/aromatic N) is 1. The van der Waals surface area contributed by atoms with Crippen molar-refractivity contribution in [3.63, 3.8) is 0 Å². The van der Waals surface area contributed by atoms with E-state index in [2.05, 4.69) is 4.99 Å². The number of carbonyl (C=O) groups excluding carboxylic acids is 3. The SMILES string of the molecule is COC(=O)C1=C(C(=O)OC)C2(C=CC(=O)C(C)=C2)OC1=NC1CCCCC1. The maximum atomic E-state index is 12.6. The molecule has 7 nitrogen and oxygen atoms in total. The standard InChI is InChI=1S/C20H23NO6/c1-12-11-20(10-9-14(12)22)16(19(24)26-3)15(18(23)25-2)17(27-20)21-13-7-5-4-6-8-13/h9-11,13H,4-8H2,1-3H3. The number of hydrogen-bond acceptors (Lipinski definition) is 7. The van der Waals surface area contributed by atoms with Crippen molar-refractivity contribution in [2.24, 2.45) is 4.99 Å². The molecule has 1 fully saturated rings. The van der Waals surface area contributed by atoms with Gasteiger partial charge in [-0.25, -0.2) is 14.6 Å². The summed E-state index contributed by atoms with van der Waals surface area (Å²) in [7, 11) is 2.46. The van der Waals surface area contributed by atoms with Crippen LogP contribution in [0.3, 0.4) is 0 Å². The highest BCUT2D eigenvalue weighted by Crippen LogP contribution is 2.40. The molecule has 3 aliphatic rings. The minimum atomic E-state index is -1.40. The summed E-state index contributed by atoms with van der Waals surface area (Å²) in [5.74, 6) is -1.58. The van der Waals surface area contributed by atoms with Crippen LogP contribution in [0.15, 0.2) is 39.9 Å². The smallest absolute Gasteiger partial charge is 0.344 e. The first kappa shape index (κ1) is 19.1. The van der Waals surface area contributed by atoms with Gasteiger partial charge in [-0.1, -0.05) is 19.3 Å². The largest absolute Gasteiger partial charge is 0.466 e. The van der Waals surface area contributed by atoms with Crippen molar-refractivity contribution in [1.82, 2.24) is 0 Å². The number of aliphatic imine (C=N–C) groups is 1. The van der Waals surface area contributed by atoms with Gasteiger partial charge in [0, 0.05) is 0 Å². The zero-order valence-corrected chi connectivity index (χ0v) is 15.7. The first-order valence-electron chi connectivity index (χ1n) is 9.03. The number of rotatable bonds is 3. The number of methoxy groups -OCH3 is 2. The minimum Gasteiger partial charge on any atom is -0.466 e. The lowest BCUT2D eigenvalue weighted by Gasteiger charge is -2.27. The highest BCUT2D eigenvalue weighted by atomic mass is 16.6. The second-order valence-corrected chi connectivity index (χ2v) is 6.88. The molecular formula is C20H23NO6. The molecule has 0 radical (unpaired) electrons. The van der Waals surface area contributed by atoms with Gasteiger partial charge in [0.1, 0.15) is 11.1 Å². The van der Waals surface area contributed by atoms with E-state index >= 15 is 0 Å². The van der Waals surface area contributed by atoms with E-state index in [1.807, 2.05) is 0 Å². The number of esters is 2. The molecule has 3 rings (SSSR count). The topological polar surface area (TPSA) is 91.3 Å². The highest BCUT2D eigenvalue weighted by Gasteiger charge is 2.51. The van der Waals surface area contributed by atoms with E-state index < -0.39 is 17.5 Å². The van der Waals surface area contributed by atoms with Crippen LogP contribution in [0.5, 0.6) is 0 Å². The number of allylic oxidation sites excluding steroid dienone is 2. The minimum absolute atomic E-state index is 0.0155. The van der Waals surface area contributed by atoms with Gasteiger partial charge < -0.3 is 14.2 Å². The lowest BCUT2D eigenvalue weighted by molar-refractivity contribution is -0.139. The van der Waals surface area contributed by atoms with Crippen molar-refractivity contribution in [2.75, 3.05) is 14.2 Å². The molecule has 144 valence electrons. The summed E-state index contributed by atoms with van der Waals surface area (Å²) < 4.78 is 15.8. The van der Waals surface area contributed by atoms with Crippen molar-refractivity contribution in [1.29, 1.82) is 0 Å². The molecule has 7 heteroatoms. The predicted molar refractivity (Wildman–Crippen MR) is 97.1 cm³/mol. The average Bonchev–Trinajstić information content (AvgIpc) is 2.98. The second kappa shape index (κ2) is 7.50. The Morgan fingerprint density at radius 1 is 1.15 bits per heavy atom. The van der Waals surface area contributed by atoms with Crippen molar-refractivity contribution in [2.45, 2.75) is 50.7 Å². The fourth-order valence-electron chi connectivity index (χ4n) is 3.68. The van der Waals surface area contributed by atoms with Crippen LogP contribution in [0.4, 0.5) is 0 Å². The van der Waals surface area contributed by atoms with Crippen LogP contribution < -0.4 is 0 Å². The van der Waals surface area contributed by atoms with Gasteiger partial charge in [0.25, 0.3) is 0 Å². The molecule has 0 aromatic heterocycles. The molecule has 27 heavy (non-hydrogen) atoms. The van der Waals surface area contributed by atoms with Gasteiger partial charge in [0.15, 0.2) is 11.4 Å². The Morgan fingerprint density at radius 3 is 2.41 bits per heavy atom. The van der Waals surface area contributed by atoms with Crippen LogP contribution in [-0.4, -0.2) is 49.5 Å². The molecule has 0 bridgehead atoms. The van der Waals surface area contributed by atoms with Crippen LogP contribution in [0.2, 0.25) is 0 Å². The van der Waals surface area contributed by atoms with Gasteiger partial charge in [-0.05, 0) is 43.6 Å². The fourth-order valence-corrected chi connectivity index (χ4v) is 3.68. The quantitative estimate of drug-likeness (QED) is 0.705. The molecule has 1 unspecified atom stereocenters. The van der Waals surface area contributed by atoms with E-state index in [-0.39, 0.29) is 28.9 Å². The van der Waals surface area contributed by atoms with E-state index in [1.54, 1.807) is 6.92 Å². The number of carbonyl (C=O) groups is 3. The van der Waals surface area contributed by atoms with Crippen molar-refractivity contribution < 1.29 is 28.6 Å². The molecule has 0 amide bonds. The molecule has 1 heterocycles. The van der Waals surface area contributed by atoms with E-state index in [0.717, 1.165) is 32.1 Å². The van der Waals surface area contributed by atoms with Crippen LogP contribution in [0.25, 0.3) is 0 Å². The Bertz CT molecular complexity index is 797. The van der Waals surface area contributed by atoms with Gasteiger partial charge in [-0.3, -0.25) is 4.79 Å². The van der Waals surface area contributed by atoms with E-state index in [4.69, 9.17) is 14.2 Å². The Morgan fingerprint density at radius 2 is 1.81 bits per heavy atom. The summed E-state index contributed by atoms with van der Waals surface area (Å²) in [5.41, 5.74) is -1.06. The van der Waals surface area contributed by atoms with E-state index in [0.29, 0.717) is 5.57 Å². The van der Waals surface area contributed by atoms with Crippen molar-refractivity contribution >= 4 is 23.6 Å². The molecule has 0 aromatic carbocycles. The highest BCUT2D eigenvalue weighted by molar-refractivity contribution is 6.24. The van der Waals surface area contributed by atoms with E-state index in [9.17, 15) is 14.4 Å². The van der Waals surface area contributed by atoms with Gasteiger partial charge in [0.2, 0.25) is 5.90 Å². The molecular weight excluding hydrogens is 350 g/mol. The Kier molecular flexibility index (Phi) is 5.30. The van der Waals surface area contributed by atoms with Crippen LogP contribution >= 0.6 is 0 Å². The number of hydrogen-bond donors (Lipinski definition) is 0. The zero-order valence-electron chi connectivity index (χ0n) is 15.7. The summed E-state index contributed by atoms with van der Waals surface area (Å²) in [5, 5.41) is 0. The summed E-state index contributed by atoms with van der Waals surface area (Å²) >= 11 is 0. The van der Waals surface area contributed by atoms with Crippen LogP contribution in [0.1, 0.15) is 39.0 Å². The lowest BCUT2D eigenvalue weighted by atomic mass is 9.85. The third-order valence-electron chi connectivity index (χ3n) is 5.08. The number of ether oxygens (including phenoxy) is 3. The molecule has 1 saturated carbocycles. The first-order chi connectivity index (χ1) is 12.9. The molecule has 1 atom stereocenters. The predicted octanol–water partition coefficient (Wildman–Crippen LogP) is 2.21. The van der Waals surface area contributed by atoms with Gasteiger partial charge in [0.05, 0.1) is 20.3 Å². The third kappa shape index (κ3) is 3.46. The Labute approximate surface area is 157 Å². The Balaban J connectivity index is 2.16. The normalized spacial score (nSPS) is 27.0. The lowest BCUT2D eigenvalue weighted by Crippen LogP contribution is -2.34. The fraction of sp³-hybridized carbons (Fsp3) is 0.500. The van der Waals surface area contributed by atoms with Gasteiger partial charge in [-0.15, -0.1) is 0 Å². The average molecular weight is 373 g/mol. The molecule has 1 spiro atoms. The first-order valence-corrected chi connectivity index (χ1v) is 9.03. The monoisotopic (exact) mass is 373 g/mol. The summed E-state index contributed by atoms with van der Waals surface area (Å²) in [6.07, 6.45) is 9.37. The van der Waals surface area contributed by atoms with E-state index in [1.165, 1.54) is 32.4 Å². The molecule has 1 aliphatic heterocycles. The molecule has 0 N–H and O–H groups in total. The summed E-state index contributed by atoms with van der Waals surface area (Å²) in [6.45, 7) is 1.62. The summed E-state index contributed by atoms with van der Waals surface area (Å²) in [6, 6.07) is 0.0155. The van der Waals surface area contributed by atoms with Crippen LogP contribution in [0, 0.1) is 0 Å². The van der Waals surface area contributed by atoms with Crippen molar-refractivity contribution in [3.8, 4) is 0 Å². The van der Waals surface area contributed by atoms with Gasteiger partial charge >= 0.3 is 11.9 Å². The molecule has 2 aliphatic carbocycles. The zero-order chi connectivity index (χ0) is 19.6. The van der Waals surface area contributed by atoms with Crippen LogP contribution in [-0.2, 0) is 28.6 Å². The maximum absolute atomic E-state index is 12.6. The van der Waals surface area contributed by atoms with Crippen molar-refractivity contribution in [3.05, 3.63) is 34.9 Å². The maximum Gasteiger partial charge on any atom is 0.344 e. The third-order valence-corrected chi connectivity index (χ3v) is 5.08. The van der Waals surface area contributed by atoms with Gasteiger partial charge in [-0.2, -0.15) is 0 Å². The Hall–Kier alpha value is -2.70. The summed E-state index contributed by atoms with van der Waals surface area (Å²) in [4.78, 5) is 41.6. The second-order valence-electron chi connectivity index (χ2n) is 6.88.